The van der Waals surface area contributed by atoms with Crippen molar-refractivity contribution in [1.29, 1.82) is 0 Å². The molecule has 1 aromatic carbocycles. The second kappa shape index (κ2) is 8.21. The zero-order valence-corrected chi connectivity index (χ0v) is 18.1. The Bertz CT molecular complexity index is 1250. The van der Waals surface area contributed by atoms with E-state index in [1.54, 1.807) is 6.92 Å². The van der Waals surface area contributed by atoms with Crippen LogP contribution < -0.4 is 10.9 Å². The predicted molar refractivity (Wildman–Crippen MR) is 117 cm³/mol. The van der Waals surface area contributed by atoms with E-state index in [1.165, 1.54) is 5.56 Å². The molecule has 2 aromatic heterocycles. The molecule has 2 N–H and O–H groups in total. The van der Waals surface area contributed by atoms with E-state index in [0.717, 1.165) is 53.4 Å². The second-order valence-electron chi connectivity index (χ2n) is 8.38. The number of amides is 1. The molecule has 1 atom stereocenters. The summed E-state index contributed by atoms with van der Waals surface area (Å²) in [5.74, 6) is -0.579. The third kappa shape index (κ3) is 3.73. The number of rotatable bonds is 6. The SMILES string of the molecule is CCCC(NC(=O)Cc1c(C)c2cc3c4c(oc3c(C)c2oc1=O)CCCC4)C(=O)O. The monoisotopic (exact) mass is 425 g/mol. The molecule has 0 radical (unpaired) electrons. The van der Waals surface area contributed by atoms with E-state index in [4.69, 9.17) is 8.83 Å². The summed E-state index contributed by atoms with van der Waals surface area (Å²) in [6, 6.07) is 1.03. The smallest absolute Gasteiger partial charge is 0.340 e. The molecule has 3 aromatic rings. The van der Waals surface area contributed by atoms with Gasteiger partial charge in [-0.1, -0.05) is 13.3 Å². The Morgan fingerprint density at radius 1 is 1.10 bits per heavy atom. The third-order valence-electron chi connectivity index (χ3n) is 6.27. The molecular formula is C24H27NO6. The van der Waals surface area contributed by atoms with Crippen LogP contribution in [-0.2, 0) is 28.9 Å². The molecule has 1 amide bonds. The Morgan fingerprint density at radius 3 is 2.52 bits per heavy atom. The molecule has 1 aliphatic carbocycles. The van der Waals surface area contributed by atoms with Gasteiger partial charge in [-0.3, -0.25) is 4.79 Å². The molecular weight excluding hydrogens is 398 g/mol. The lowest BCUT2D eigenvalue weighted by molar-refractivity contribution is -0.141. The number of nitrogens with one attached hydrogen (secondary N) is 1. The fourth-order valence-electron chi connectivity index (χ4n) is 4.57. The van der Waals surface area contributed by atoms with Crippen LogP contribution in [-0.4, -0.2) is 23.0 Å². The van der Waals surface area contributed by atoms with Crippen molar-refractivity contribution in [1.82, 2.24) is 5.32 Å². The molecule has 1 aliphatic rings. The Hall–Kier alpha value is -3.09. The van der Waals surface area contributed by atoms with Crippen LogP contribution in [0.4, 0.5) is 0 Å². The maximum Gasteiger partial charge on any atom is 0.340 e. The number of hydrogen-bond acceptors (Lipinski definition) is 5. The number of carboxylic acids is 1. The van der Waals surface area contributed by atoms with Crippen LogP contribution in [0.3, 0.4) is 0 Å². The number of aryl methyl sites for hydroxylation is 4. The largest absolute Gasteiger partial charge is 0.480 e. The molecule has 0 fully saturated rings. The molecule has 7 heteroatoms. The van der Waals surface area contributed by atoms with Crippen molar-refractivity contribution in [2.45, 2.75) is 71.8 Å². The van der Waals surface area contributed by atoms with Crippen LogP contribution in [0.1, 0.15) is 60.6 Å². The van der Waals surface area contributed by atoms with Gasteiger partial charge in [-0.15, -0.1) is 0 Å². The maximum absolute atomic E-state index is 12.7. The highest BCUT2D eigenvalue weighted by atomic mass is 16.4. The van der Waals surface area contributed by atoms with E-state index in [-0.39, 0.29) is 12.0 Å². The molecule has 0 saturated carbocycles. The van der Waals surface area contributed by atoms with Crippen LogP contribution in [0.2, 0.25) is 0 Å². The summed E-state index contributed by atoms with van der Waals surface area (Å²) in [6.07, 6.45) is 4.83. The summed E-state index contributed by atoms with van der Waals surface area (Å²) in [4.78, 5) is 36.6. The van der Waals surface area contributed by atoms with Gasteiger partial charge in [0.25, 0.3) is 0 Å². The first-order chi connectivity index (χ1) is 14.8. The van der Waals surface area contributed by atoms with E-state index in [9.17, 15) is 19.5 Å². The summed E-state index contributed by atoms with van der Waals surface area (Å²) in [5, 5.41) is 13.6. The number of fused-ring (bicyclic) bond motifs is 4. The van der Waals surface area contributed by atoms with E-state index >= 15 is 0 Å². The molecule has 0 aliphatic heterocycles. The average Bonchev–Trinajstić information content (AvgIpc) is 3.11. The molecule has 31 heavy (non-hydrogen) atoms. The van der Waals surface area contributed by atoms with Gasteiger partial charge in [-0.25, -0.2) is 9.59 Å². The fraction of sp³-hybridized carbons (Fsp3) is 0.458. The van der Waals surface area contributed by atoms with Gasteiger partial charge in [0.15, 0.2) is 0 Å². The Morgan fingerprint density at radius 2 is 1.81 bits per heavy atom. The van der Waals surface area contributed by atoms with Crippen molar-refractivity contribution in [3.8, 4) is 0 Å². The number of aliphatic carboxylic acids is 1. The number of benzene rings is 1. The van der Waals surface area contributed by atoms with Gasteiger partial charge in [0.1, 0.15) is 23.0 Å². The Kier molecular flexibility index (Phi) is 5.60. The molecule has 4 rings (SSSR count). The van der Waals surface area contributed by atoms with Crippen LogP contribution in [0.5, 0.6) is 0 Å². The van der Waals surface area contributed by atoms with Crippen LogP contribution in [0.15, 0.2) is 19.7 Å². The van der Waals surface area contributed by atoms with E-state index < -0.39 is 23.5 Å². The average molecular weight is 425 g/mol. The van der Waals surface area contributed by atoms with Crippen molar-refractivity contribution in [2.75, 3.05) is 0 Å². The van der Waals surface area contributed by atoms with Gasteiger partial charge in [-0.2, -0.15) is 0 Å². The lowest BCUT2D eigenvalue weighted by atomic mass is 9.93. The van der Waals surface area contributed by atoms with Crippen molar-refractivity contribution in [3.05, 3.63) is 44.5 Å². The summed E-state index contributed by atoms with van der Waals surface area (Å²) in [6.45, 7) is 5.54. The first-order valence-corrected chi connectivity index (χ1v) is 10.8. The third-order valence-corrected chi connectivity index (χ3v) is 6.27. The molecule has 7 nitrogen and oxygen atoms in total. The molecule has 1 unspecified atom stereocenters. The minimum atomic E-state index is -1.08. The number of carbonyl (C=O) groups excluding carboxylic acids is 1. The van der Waals surface area contributed by atoms with Gasteiger partial charge in [0, 0.05) is 28.3 Å². The van der Waals surface area contributed by atoms with Gasteiger partial charge in [-0.05, 0) is 51.2 Å². The lowest BCUT2D eigenvalue weighted by Crippen LogP contribution is -2.41. The van der Waals surface area contributed by atoms with E-state index in [2.05, 4.69) is 5.32 Å². The molecule has 2 heterocycles. The topological polar surface area (TPSA) is 110 Å². The minimum Gasteiger partial charge on any atom is -0.480 e. The van der Waals surface area contributed by atoms with Crippen molar-refractivity contribution in [3.63, 3.8) is 0 Å². The predicted octanol–water partition coefficient (Wildman–Crippen LogP) is 3.95. The van der Waals surface area contributed by atoms with E-state index in [0.29, 0.717) is 24.0 Å². The van der Waals surface area contributed by atoms with Gasteiger partial charge >= 0.3 is 11.6 Å². The first kappa shape index (κ1) is 21.2. The zero-order valence-electron chi connectivity index (χ0n) is 18.1. The maximum atomic E-state index is 12.7. The second-order valence-corrected chi connectivity index (χ2v) is 8.38. The molecule has 0 saturated heterocycles. The van der Waals surface area contributed by atoms with Gasteiger partial charge in [0.05, 0.1) is 12.0 Å². The molecule has 164 valence electrons. The highest BCUT2D eigenvalue weighted by Crippen LogP contribution is 2.37. The van der Waals surface area contributed by atoms with Crippen LogP contribution in [0, 0.1) is 13.8 Å². The number of carbonyl (C=O) groups is 2. The van der Waals surface area contributed by atoms with E-state index in [1.807, 2.05) is 19.9 Å². The number of hydrogen-bond donors (Lipinski definition) is 2. The number of furan rings is 1. The van der Waals surface area contributed by atoms with Gasteiger partial charge < -0.3 is 19.3 Å². The molecule has 0 bridgehead atoms. The minimum absolute atomic E-state index is 0.224. The highest BCUT2D eigenvalue weighted by Gasteiger charge is 2.24. The zero-order chi connectivity index (χ0) is 22.3. The van der Waals surface area contributed by atoms with Crippen molar-refractivity contribution in [2.24, 2.45) is 0 Å². The van der Waals surface area contributed by atoms with Gasteiger partial charge in [0.2, 0.25) is 5.91 Å². The quantitative estimate of drug-likeness (QED) is 0.579. The Labute approximate surface area is 179 Å². The summed E-state index contributed by atoms with van der Waals surface area (Å²) < 4.78 is 11.7. The molecule has 0 spiro atoms. The summed E-state index contributed by atoms with van der Waals surface area (Å²) in [5.41, 5.74) is 3.59. The van der Waals surface area contributed by atoms with Crippen molar-refractivity contribution >= 4 is 33.8 Å². The Balaban J connectivity index is 1.77. The normalized spacial score (nSPS) is 14.5. The number of carboxylic acid groups (broad SMARTS) is 1. The van der Waals surface area contributed by atoms with Crippen molar-refractivity contribution < 1.29 is 23.5 Å². The summed E-state index contributed by atoms with van der Waals surface area (Å²) in [7, 11) is 0. The summed E-state index contributed by atoms with van der Waals surface area (Å²) >= 11 is 0. The first-order valence-electron chi connectivity index (χ1n) is 10.8. The van der Waals surface area contributed by atoms with Crippen LogP contribution in [0.25, 0.3) is 21.9 Å². The standard InChI is InChI=1S/C24H27NO6/c1-4-7-18(23(27)28)25-20(26)11-16-12(2)15-10-17-14-8-5-6-9-19(14)30-22(17)13(3)21(15)31-24(16)29/h10,18H,4-9,11H2,1-3H3,(H,25,26)(H,27,28). The lowest BCUT2D eigenvalue weighted by Gasteiger charge is -2.14. The van der Waals surface area contributed by atoms with Crippen LogP contribution >= 0.6 is 0 Å². The fourth-order valence-corrected chi connectivity index (χ4v) is 4.57. The highest BCUT2D eigenvalue weighted by molar-refractivity contribution is 6.00.